The highest BCUT2D eigenvalue weighted by molar-refractivity contribution is 6.44. The maximum Gasteiger partial charge on any atom is 0.334 e. The second-order valence-corrected chi connectivity index (χ2v) is 5.17. The van der Waals surface area contributed by atoms with Crippen LogP contribution in [0.2, 0.25) is 0 Å². The quantitative estimate of drug-likeness (QED) is 0.610. The molecule has 0 unspecified atom stereocenters. The fourth-order valence-electron chi connectivity index (χ4n) is 2.13. The maximum absolute atomic E-state index is 12.0. The second kappa shape index (κ2) is 5.95. The van der Waals surface area contributed by atoms with E-state index in [1.54, 1.807) is 19.9 Å². The minimum Gasteiger partial charge on any atom is -0.492 e. The fourth-order valence-corrected chi connectivity index (χ4v) is 2.13. The molecule has 1 aliphatic rings. The van der Waals surface area contributed by atoms with Crippen LogP contribution in [0.3, 0.4) is 0 Å². The van der Waals surface area contributed by atoms with Crippen molar-refractivity contribution in [3.63, 3.8) is 0 Å². The van der Waals surface area contributed by atoms with Crippen molar-refractivity contribution in [3.05, 3.63) is 29.8 Å². The molecule has 1 saturated heterocycles. The molecule has 6 heteroatoms. The number of imide groups is 2. The first-order valence-corrected chi connectivity index (χ1v) is 6.80. The number of amides is 4. The van der Waals surface area contributed by atoms with E-state index in [0.717, 1.165) is 15.4 Å². The normalized spacial score (nSPS) is 15.3. The van der Waals surface area contributed by atoms with Gasteiger partial charge in [0, 0.05) is 6.04 Å². The van der Waals surface area contributed by atoms with Crippen LogP contribution in [0.15, 0.2) is 24.3 Å². The van der Waals surface area contributed by atoms with Crippen molar-refractivity contribution in [1.82, 2.24) is 9.80 Å². The van der Waals surface area contributed by atoms with E-state index in [-0.39, 0.29) is 19.2 Å². The summed E-state index contributed by atoms with van der Waals surface area (Å²) in [5.74, 6) is -0.895. The van der Waals surface area contributed by atoms with Crippen LogP contribution in [0.1, 0.15) is 19.4 Å². The Morgan fingerprint density at radius 2 is 1.86 bits per heavy atom. The van der Waals surface area contributed by atoms with Crippen molar-refractivity contribution in [3.8, 4) is 5.75 Å². The summed E-state index contributed by atoms with van der Waals surface area (Å²) in [6, 6.07) is 6.55. The van der Waals surface area contributed by atoms with Gasteiger partial charge in [-0.25, -0.2) is 4.79 Å². The summed E-state index contributed by atoms with van der Waals surface area (Å²) in [6.07, 6.45) is 0. The molecule has 21 heavy (non-hydrogen) atoms. The van der Waals surface area contributed by atoms with Gasteiger partial charge in [0.15, 0.2) is 0 Å². The molecule has 6 nitrogen and oxygen atoms in total. The molecule has 4 amide bonds. The molecule has 0 saturated carbocycles. The average molecular weight is 290 g/mol. The Balaban J connectivity index is 1.96. The highest BCUT2D eigenvalue weighted by Crippen LogP contribution is 2.16. The number of carbonyl (C=O) groups is 3. The predicted molar refractivity (Wildman–Crippen MR) is 75.8 cm³/mol. The number of hydrogen-bond acceptors (Lipinski definition) is 4. The Morgan fingerprint density at radius 1 is 1.14 bits per heavy atom. The summed E-state index contributed by atoms with van der Waals surface area (Å²) in [4.78, 5) is 37.4. The van der Waals surface area contributed by atoms with Crippen LogP contribution in [0.4, 0.5) is 4.79 Å². The van der Waals surface area contributed by atoms with E-state index >= 15 is 0 Å². The Bertz CT molecular complexity index is 583. The number of aryl methyl sites for hydroxylation is 1. The zero-order chi connectivity index (χ0) is 15.6. The topological polar surface area (TPSA) is 66.9 Å². The first-order chi connectivity index (χ1) is 9.91. The van der Waals surface area contributed by atoms with E-state index < -0.39 is 17.8 Å². The Labute approximate surface area is 123 Å². The molecule has 0 bridgehead atoms. The van der Waals surface area contributed by atoms with Crippen LogP contribution in [0, 0.1) is 6.92 Å². The van der Waals surface area contributed by atoms with Crippen molar-refractivity contribution in [2.45, 2.75) is 26.8 Å². The molecule has 0 N–H and O–H groups in total. The van der Waals surface area contributed by atoms with Crippen LogP contribution in [0.25, 0.3) is 0 Å². The zero-order valence-corrected chi connectivity index (χ0v) is 12.3. The molecular weight excluding hydrogens is 272 g/mol. The van der Waals surface area contributed by atoms with Crippen molar-refractivity contribution >= 4 is 17.8 Å². The van der Waals surface area contributed by atoms with E-state index in [1.807, 2.05) is 25.1 Å². The second-order valence-electron chi connectivity index (χ2n) is 5.17. The van der Waals surface area contributed by atoms with Gasteiger partial charge in [0.25, 0.3) is 0 Å². The Hall–Kier alpha value is -2.37. The molecular formula is C15H18N2O4. The van der Waals surface area contributed by atoms with Gasteiger partial charge in [-0.15, -0.1) is 0 Å². The smallest absolute Gasteiger partial charge is 0.334 e. The van der Waals surface area contributed by atoms with Gasteiger partial charge < -0.3 is 4.74 Å². The molecule has 0 atom stereocenters. The van der Waals surface area contributed by atoms with Crippen molar-refractivity contribution < 1.29 is 19.1 Å². The van der Waals surface area contributed by atoms with Gasteiger partial charge in [0.1, 0.15) is 12.4 Å². The predicted octanol–water partition coefficient (Wildman–Crippen LogP) is 1.57. The van der Waals surface area contributed by atoms with Crippen molar-refractivity contribution in [2.24, 2.45) is 0 Å². The lowest BCUT2D eigenvalue weighted by Gasteiger charge is -2.18. The molecule has 0 radical (unpaired) electrons. The molecule has 0 spiro atoms. The molecule has 1 heterocycles. The standard InChI is InChI=1S/C15H18N2O4/c1-10(2)17-14(19)13(18)16(15(17)20)7-8-21-12-6-4-5-11(3)9-12/h4-6,9-10H,7-8H2,1-3H3. The van der Waals surface area contributed by atoms with Crippen LogP contribution >= 0.6 is 0 Å². The lowest BCUT2D eigenvalue weighted by Crippen LogP contribution is -2.39. The highest BCUT2D eigenvalue weighted by Gasteiger charge is 2.45. The largest absolute Gasteiger partial charge is 0.492 e. The Morgan fingerprint density at radius 3 is 2.43 bits per heavy atom. The Kier molecular flexibility index (Phi) is 4.26. The number of carbonyl (C=O) groups excluding carboxylic acids is 3. The fraction of sp³-hybridized carbons (Fsp3) is 0.400. The highest BCUT2D eigenvalue weighted by atomic mass is 16.5. The summed E-state index contributed by atoms with van der Waals surface area (Å²) >= 11 is 0. The monoisotopic (exact) mass is 290 g/mol. The molecule has 1 aliphatic heterocycles. The molecule has 0 aromatic heterocycles. The molecule has 1 aromatic rings. The van der Waals surface area contributed by atoms with E-state index in [0.29, 0.717) is 5.75 Å². The summed E-state index contributed by atoms with van der Waals surface area (Å²) in [6.45, 7) is 5.53. The van der Waals surface area contributed by atoms with Gasteiger partial charge >= 0.3 is 17.8 Å². The number of hydrogen-bond donors (Lipinski definition) is 0. The maximum atomic E-state index is 12.0. The van der Waals surface area contributed by atoms with Crippen LogP contribution in [-0.4, -0.2) is 46.8 Å². The lowest BCUT2D eigenvalue weighted by molar-refractivity contribution is -0.143. The van der Waals surface area contributed by atoms with Crippen LogP contribution in [0.5, 0.6) is 5.75 Å². The first kappa shape index (κ1) is 15.0. The summed E-state index contributed by atoms with van der Waals surface area (Å²) < 4.78 is 5.50. The van der Waals surface area contributed by atoms with Gasteiger partial charge in [-0.2, -0.15) is 0 Å². The van der Waals surface area contributed by atoms with E-state index in [4.69, 9.17) is 4.74 Å². The third-order valence-electron chi connectivity index (χ3n) is 3.17. The third-order valence-corrected chi connectivity index (χ3v) is 3.17. The van der Waals surface area contributed by atoms with Gasteiger partial charge in [0.2, 0.25) is 0 Å². The average Bonchev–Trinajstić information content (AvgIpc) is 2.62. The van der Waals surface area contributed by atoms with Crippen LogP contribution in [-0.2, 0) is 9.59 Å². The minimum atomic E-state index is -0.790. The SMILES string of the molecule is Cc1cccc(OCCN2C(=O)C(=O)N(C(C)C)C2=O)c1. The third kappa shape index (κ3) is 3.04. The number of urea groups is 1. The molecule has 112 valence electrons. The van der Waals surface area contributed by atoms with E-state index in [2.05, 4.69) is 0 Å². The number of rotatable bonds is 5. The van der Waals surface area contributed by atoms with Crippen LogP contribution < -0.4 is 4.74 Å². The minimum absolute atomic E-state index is 0.0561. The van der Waals surface area contributed by atoms with Gasteiger partial charge in [-0.3, -0.25) is 19.4 Å². The first-order valence-electron chi connectivity index (χ1n) is 6.80. The number of nitrogens with zero attached hydrogens (tertiary/aromatic N) is 2. The zero-order valence-electron chi connectivity index (χ0n) is 12.3. The summed E-state index contributed by atoms with van der Waals surface area (Å²) in [7, 11) is 0. The van der Waals surface area contributed by atoms with E-state index in [1.165, 1.54) is 0 Å². The molecule has 0 aliphatic carbocycles. The summed E-state index contributed by atoms with van der Waals surface area (Å²) in [5, 5.41) is 0. The molecule has 2 rings (SSSR count). The van der Waals surface area contributed by atoms with Gasteiger partial charge in [-0.05, 0) is 38.5 Å². The van der Waals surface area contributed by atoms with Crippen molar-refractivity contribution in [2.75, 3.05) is 13.2 Å². The van der Waals surface area contributed by atoms with Gasteiger partial charge in [-0.1, -0.05) is 12.1 Å². The molecule has 1 fully saturated rings. The van der Waals surface area contributed by atoms with Crippen molar-refractivity contribution in [1.29, 1.82) is 0 Å². The van der Waals surface area contributed by atoms with Gasteiger partial charge in [0.05, 0.1) is 6.54 Å². The molecule has 1 aromatic carbocycles. The lowest BCUT2D eigenvalue weighted by atomic mass is 10.2. The number of benzene rings is 1. The van der Waals surface area contributed by atoms with E-state index in [9.17, 15) is 14.4 Å². The summed E-state index contributed by atoms with van der Waals surface area (Å²) in [5.41, 5.74) is 1.06. The number of ether oxygens (including phenoxy) is 1.